The van der Waals surface area contributed by atoms with Crippen molar-refractivity contribution in [1.29, 1.82) is 0 Å². The number of ether oxygens (including phenoxy) is 1. The van der Waals surface area contributed by atoms with Crippen LogP contribution in [0.15, 0.2) is 0 Å². The summed E-state index contributed by atoms with van der Waals surface area (Å²) >= 11 is 0. The quantitative estimate of drug-likeness (QED) is 0.586. The molecule has 0 amide bonds. The lowest BCUT2D eigenvalue weighted by molar-refractivity contribution is 0.0772. The highest BCUT2D eigenvalue weighted by molar-refractivity contribution is 4.79. The van der Waals surface area contributed by atoms with Gasteiger partial charge in [0.05, 0.1) is 6.10 Å². The van der Waals surface area contributed by atoms with Crippen LogP contribution >= 0.6 is 0 Å². The number of nitrogens with one attached hydrogen (secondary N) is 1. The number of hydrogen-bond donors (Lipinski definition) is 1. The van der Waals surface area contributed by atoms with E-state index in [1.807, 2.05) is 0 Å². The van der Waals surface area contributed by atoms with Crippen LogP contribution < -0.4 is 5.32 Å². The van der Waals surface area contributed by atoms with Crippen LogP contribution in [0.5, 0.6) is 0 Å². The molecular formula is C15H31NO. The summed E-state index contributed by atoms with van der Waals surface area (Å²) in [4.78, 5) is 0. The van der Waals surface area contributed by atoms with Crippen molar-refractivity contribution in [1.82, 2.24) is 5.32 Å². The molecule has 102 valence electrons. The molecule has 17 heavy (non-hydrogen) atoms. The van der Waals surface area contributed by atoms with Gasteiger partial charge in [0.2, 0.25) is 0 Å². The van der Waals surface area contributed by atoms with E-state index in [1.165, 1.54) is 64.2 Å². The third kappa shape index (κ3) is 6.42. The zero-order chi connectivity index (χ0) is 12.3. The van der Waals surface area contributed by atoms with Crippen molar-refractivity contribution in [3.05, 3.63) is 0 Å². The van der Waals surface area contributed by atoms with Crippen LogP contribution in [0.1, 0.15) is 71.1 Å². The molecule has 1 saturated heterocycles. The zero-order valence-corrected chi connectivity index (χ0v) is 11.8. The molecule has 2 nitrogen and oxygen atoms in total. The number of likely N-dealkylation sites (N-methyl/N-ethyl adjacent to an activating group) is 1. The molecular weight excluding hydrogens is 210 g/mol. The van der Waals surface area contributed by atoms with Crippen molar-refractivity contribution >= 4 is 0 Å². The van der Waals surface area contributed by atoms with Crippen LogP contribution in [0, 0.1) is 0 Å². The molecule has 2 heteroatoms. The van der Waals surface area contributed by atoms with Crippen LogP contribution in [0.2, 0.25) is 0 Å². The highest BCUT2D eigenvalue weighted by Gasteiger charge is 2.23. The Kier molecular flexibility index (Phi) is 8.72. The fourth-order valence-electron chi connectivity index (χ4n) is 2.76. The number of unbranched alkanes of at least 4 members (excludes halogenated alkanes) is 6. The van der Waals surface area contributed by atoms with Gasteiger partial charge in [-0.15, -0.1) is 0 Å². The van der Waals surface area contributed by atoms with E-state index in [1.54, 1.807) is 0 Å². The highest BCUT2D eigenvalue weighted by atomic mass is 16.5. The SMILES string of the molecule is CCCCCCCCCC(NC)C1CCCO1. The van der Waals surface area contributed by atoms with Crippen LogP contribution in [0.3, 0.4) is 0 Å². The minimum absolute atomic E-state index is 0.486. The summed E-state index contributed by atoms with van der Waals surface area (Å²) in [6, 6.07) is 0.591. The average Bonchev–Trinajstić information content (AvgIpc) is 2.86. The first-order valence-corrected chi connectivity index (χ1v) is 7.67. The van der Waals surface area contributed by atoms with Crippen molar-refractivity contribution in [3.63, 3.8) is 0 Å². The van der Waals surface area contributed by atoms with Gasteiger partial charge in [-0.2, -0.15) is 0 Å². The molecule has 1 N–H and O–H groups in total. The van der Waals surface area contributed by atoms with Crippen molar-refractivity contribution in [2.45, 2.75) is 83.3 Å². The Balaban J connectivity index is 1.96. The second kappa shape index (κ2) is 9.90. The molecule has 0 aromatic carbocycles. The number of hydrogen-bond acceptors (Lipinski definition) is 2. The topological polar surface area (TPSA) is 21.3 Å². The van der Waals surface area contributed by atoms with E-state index in [-0.39, 0.29) is 0 Å². The molecule has 2 unspecified atom stereocenters. The van der Waals surface area contributed by atoms with E-state index in [0.717, 1.165) is 6.61 Å². The van der Waals surface area contributed by atoms with E-state index >= 15 is 0 Å². The summed E-state index contributed by atoms with van der Waals surface area (Å²) in [5.41, 5.74) is 0. The summed E-state index contributed by atoms with van der Waals surface area (Å²) in [5.74, 6) is 0. The Morgan fingerprint density at radius 2 is 1.82 bits per heavy atom. The lowest BCUT2D eigenvalue weighted by Crippen LogP contribution is -2.37. The molecule has 0 aromatic rings. The Labute approximate surface area is 108 Å². The molecule has 0 aromatic heterocycles. The van der Waals surface area contributed by atoms with Gasteiger partial charge in [0.25, 0.3) is 0 Å². The summed E-state index contributed by atoms with van der Waals surface area (Å²) < 4.78 is 5.75. The van der Waals surface area contributed by atoms with Gasteiger partial charge < -0.3 is 10.1 Å². The molecule has 1 heterocycles. The molecule has 0 saturated carbocycles. The zero-order valence-electron chi connectivity index (χ0n) is 11.8. The first-order chi connectivity index (χ1) is 8.38. The second-order valence-electron chi connectivity index (χ2n) is 5.36. The minimum Gasteiger partial charge on any atom is -0.377 e. The molecule has 1 aliphatic heterocycles. The van der Waals surface area contributed by atoms with E-state index in [2.05, 4.69) is 19.3 Å². The van der Waals surface area contributed by atoms with Crippen molar-refractivity contribution in [2.24, 2.45) is 0 Å². The first kappa shape index (κ1) is 15.0. The fourth-order valence-corrected chi connectivity index (χ4v) is 2.76. The standard InChI is InChI=1S/C15H31NO/c1-3-4-5-6-7-8-9-11-14(16-2)15-12-10-13-17-15/h14-16H,3-13H2,1-2H3. The fraction of sp³-hybridized carbons (Fsp3) is 1.00. The molecule has 0 radical (unpaired) electrons. The van der Waals surface area contributed by atoms with E-state index in [9.17, 15) is 0 Å². The van der Waals surface area contributed by atoms with Gasteiger partial charge in [0.1, 0.15) is 0 Å². The maximum Gasteiger partial charge on any atom is 0.0728 e. The van der Waals surface area contributed by atoms with Gasteiger partial charge in [-0.05, 0) is 26.3 Å². The van der Waals surface area contributed by atoms with Crippen molar-refractivity contribution < 1.29 is 4.74 Å². The Hall–Kier alpha value is -0.0800. The molecule has 2 atom stereocenters. The largest absolute Gasteiger partial charge is 0.377 e. The van der Waals surface area contributed by atoms with Gasteiger partial charge in [-0.1, -0.05) is 51.9 Å². The van der Waals surface area contributed by atoms with Gasteiger partial charge in [-0.25, -0.2) is 0 Å². The Bertz CT molecular complexity index is 166. The summed E-state index contributed by atoms with van der Waals surface area (Å²) in [7, 11) is 2.08. The normalized spacial score (nSPS) is 21.9. The molecule has 1 rings (SSSR count). The summed E-state index contributed by atoms with van der Waals surface area (Å²) in [6.07, 6.45) is 14.1. The van der Waals surface area contributed by atoms with Crippen LogP contribution in [0.4, 0.5) is 0 Å². The Morgan fingerprint density at radius 1 is 1.12 bits per heavy atom. The van der Waals surface area contributed by atoms with Crippen molar-refractivity contribution in [2.75, 3.05) is 13.7 Å². The van der Waals surface area contributed by atoms with Gasteiger partial charge in [0, 0.05) is 12.6 Å². The maximum absolute atomic E-state index is 5.75. The predicted molar refractivity (Wildman–Crippen MR) is 74.4 cm³/mol. The van der Waals surface area contributed by atoms with Gasteiger partial charge in [0.15, 0.2) is 0 Å². The first-order valence-electron chi connectivity index (χ1n) is 7.67. The lowest BCUT2D eigenvalue weighted by atomic mass is 10.00. The molecule has 0 spiro atoms. The highest BCUT2D eigenvalue weighted by Crippen LogP contribution is 2.19. The van der Waals surface area contributed by atoms with Crippen molar-refractivity contribution in [3.8, 4) is 0 Å². The summed E-state index contributed by atoms with van der Waals surface area (Å²) in [5, 5.41) is 3.43. The second-order valence-corrected chi connectivity index (χ2v) is 5.36. The molecule has 0 bridgehead atoms. The van der Waals surface area contributed by atoms with E-state index in [0.29, 0.717) is 12.1 Å². The molecule has 0 aliphatic carbocycles. The third-order valence-electron chi connectivity index (χ3n) is 3.90. The Morgan fingerprint density at radius 3 is 2.41 bits per heavy atom. The number of rotatable bonds is 10. The van der Waals surface area contributed by atoms with Crippen LogP contribution in [-0.4, -0.2) is 25.8 Å². The maximum atomic E-state index is 5.75. The monoisotopic (exact) mass is 241 g/mol. The smallest absolute Gasteiger partial charge is 0.0728 e. The predicted octanol–water partition coefficient (Wildman–Crippen LogP) is 3.89. The minimum atomic E-state index is 0.486. The molecule has 1 aliphatic rings. The van der Waals surface area contributed by atoms with E-state index < -0.39 is 0 Å². The van der Waals surface area contributed by atoms with Crippen LogP contribution in [-0.2, 0) is 4.74 Å². The lowest BCUT2D eigenvalue weighted by Gasteiger charge is -2.22. The van der Waals surface area contributed by atoms with Gasteiger partial charge in [-0.3, -0.25) is 0 Å². The van der Waals surface area contributed by atoms with E-state index in [4.69, 9.17) is 4.74 Å². The third-order valence-corrected chi connectivity index (χ3v) is 3.90. The molecule has 1 fully saturated rings. The average molecular weight is 241 g/mol. The van der Waals surface area contributed by atoms with Crippen LogP contribution in [0.25, 0.3) is 0 Å². The van der Waals surface area contributed by atoms with Gasteiger partial charge >= 0.3 is 0 Å². The summed E-state index contributed by atoms with van der Waals surface area (Å²) in [6.45, 7) is 3.25.